The highest BCUT2D eigenvalue weighted by Gasteiger charge is 2.32. The third kappa shape index (κ3) is 2.94. The van der Waals surface area contributed by atoms with Crippen LogP contribution in [0.4, 0.5) is 0 Å². The first-order valence-electron chi connectivity index (χ1n) is 8.73. The summed E-state index contributed by atoms with van der Waals surface area (Å²) in [6, 6.07) is 3.65. The Balaban J connectivity index is 1.56. The Labute approximate surface area is 154 Å². The average molecular weight is 372 g/mol. The Kier molecular flexibility index (Phi) is 4.36. The Morgan fingerprint density at radius 2 is 2.31 bits per heavy atom. The molecule has 1 fully saturated rings. The minimum absolute atomic E-state index is 0.00887. The molecule has 3 aromatic heterocycles. The van der Waals surface area contributed by atoms with Crippen molar-refractivity contribution in [3.8, 4) is 0 Å². The van der Waals surface area contributed by atoms with E-state index in [1.165, 1.54) is 22.2 Å². The van der Waals surface area contributed by atoms with Crippen LogP contribution in [0.15, 0.2) is 33.2 Å². The highest BCUT2D eigenvalue weighted by molar-refractivity contribution is 7.17. The first-order chi connectivity index (χ1) is 12.5. The number of hydrogen-bond acceptors (Lipinski definition) is 6. The van der Waals surface area contributed by atoms with Gasteiger partial charge in [0.05, 0.1) is 17.9 Å². The van der Waals surface area contributed by atoms with Crippen LogP contribution in [0.25, 0.3) is 10.2 Å². The first kappa shape index (κ1) is 17.0. The molecule has 1 atom stereocenters. The van der Waals surface area contributed by atoms with Crippen molar-refractivity contribution in [2.24, 2.45) is 0 Å². The number of carbonyl (C=O) groups excluding carboxylic acids is 1. The summed E-state index contributed by atoms with van der Waals surface area (Å²) in [6.45, 7) is 4.74. The van der Waals surface area contributed by atoms with Crippen molar-refractivity contribution >= 4 is 27.5 Å². The van der Waals surface area contributed by atoms with Gasteiger partial charge < -0.3 is 9.42 Å². The van der Waals surface area contributed by atoms with Gasteiger partial charge in [-0.25, -0.2) is 4.98 Å². The normalized spacial score (nSPS) is 17.5. The summed E-state index contributed by atoms with van der Waals surface area (Å²) in [4.78, 5) is 31.4. The molecular formula is C18H20N4O3S. The molecule has 0 N–H and O–H groups in total. The molecule has 1 unspecified atom stereocenters. The summed E-state index contributed by atoms with van der Waals surface area (Å²) in [5.41, 5.74) is 1.29. The minimum Gasteiger partial charge on any atom is -0.361 e. The molecule has 7 nitrogen and oxygen atoms in total. The quantitative estimate of drug-likeness (QED) is 0.703. The van der Waals surface area contributed by atoms with Crippen molar-refractivity contribution in [1.82, 2.24) is 19.6 Å². The van der Waals surface area contributed by atoms with Crippen LogP contribution in [-0.4, -0.2) is 32.1 Å². The SMILES string of the molecule is CC(C)c1cc(C2CCCN2C(=O)Cn2cnc3ccsc3c2=O)no1. The van der Waals surface area contributed by atoms with E-state index in [0.29, 0.717) is 16.8 Å². The standard InChI is InChI=1S/C18H20N4O3S/c1-11(2)15-8-13(20-25-15)14-4-3-6-22(14)16(23)9-21-10-19-12-5-7-26-17(12)18(21)24/h5,7-8,10-11,14H,3-4,6,9H2,1-2H3. The number of likely N-dealkylation sites (tertiary alicyclic amines) is 1. The van der Waals surface area contributed by atoms with E-state index >= 15 is 0 Å². The van der Waals surface area contributed by atoms with Crippen molar-refractivity contribution in [3.63, 3.8) is 0 Å². The average Bonchev–Trinajstić information content (AvgIpc) is 3.36. The fourth-order valence-corrected chi connectivity index (χ4v) is 4.13. The van der Waals surface area contributed by atoms with Crippen LogP contribution < -0.4 is 5.56 Å². The molecule has 3 aromatic rings. The molecular weight excluding hydrogens is 352 g/mol. The molecule has 1 amide bonds. The van der Waals surface area contributed by atoms with Crippen LogP contribution in [-0.2, 0) is 11.3 Å². The maximum Gasteiger partial charge on any atom is 0.271 e. The Morgan fingerprint density at radius 1 is 1.46 bits per heavy atom. The molecule has 26 heavy (non-hydrogen) atoms. The lowest BCUT2D eigenvalue weighted by atomic mass is 10.1. The second kappa shape index (κ2) is 6.68. The summed E-state index contributed by atoms with van der Waals surface area (Å²) < 4.78 is 7.36. The highest BCUT2D eigenvalue weighted by Crippen LogP contribution is 2.32. The second-order valence-corrected chi connectivity index (χ2v) is 7.78. The number of aromatic nitrogens is 3. The van der Waals surface area contributed by atoms with Gasteiger partial charge in [0.25, 0.3) is 5.56 Å². The van der Waals surface area contributed by atoms with Crippen molar-refractivity contribution in [3.05, 3.63) is 45.6 Å². The molecule has 136 valence electrons. The largest absolute Gasteiger partial charge is 0.361 e. The number of amides is 1. The maximum atomic E-state index is 12.8. The summed E-state index contributed by atoms with van der Waals surface area (Å²) in [5.74, 6) is 0.980. The summed E-state index contributed by atoms with van der Waals surface area (Å²) >= 11 is 1.35. The Hall–Kier alpha value is -2.48. The molecule has 0 bridgehead atoms. The second-order valence-electron chi connectivity index (χ2n) is 6.87. The number of thiophene rings is 1. The zero-order valence-electron chi connectivity index (χ0n) is 14.7. The van der Waals surface area contributed by atoms with E-state index in [1.807, 2.05) is 25.3 Å². The van der Waals surface area contributed by atoms with E-state index < -0.39 is 0 Å². The number of fused-ring (bicyclic) bond motifs is 1. The topological polar surface area (TPSA) is 81.2 Å². The minimum atomic E-state index is -0.169. The van der Waals surface area contributed by atoms with E-state index in [2.05, 4.69) is 10.1 Å². The summed E-state index contributed by atoms with van der Waals surface area (Å²) in [6.07, 6.45) is 3.22. The zero-order chi connectivity index (χ0) is 18.3. The van der Waals surface area contributed by atoms with E-state index in [1.54, 1.807) is 11.0 Å². The molecule has 1 aliphatic rings. The van der Waals surface area contributed by atoms with Crippen LogP contribution in [0.5, 0.6) is 0 Å². The molecule has 0 spiro atoms. The number of hydrogen-bond donors (Lipinski definition) is 0. The predicted octanol–water partition coefficient (Wildman–Crippen LogP) is 2.93. The zero-order valence-corrected chi connectivity index (χ0v) is 15.5. The lowest BCUT2D eigenvalue weighted by Gasteiger charge is -2.23. The number of nitrogens with zero attached hydrogens (tertiary/aromatic N) is 4. The van der Waals surface area contributed by atoms with Crippen LogP contribution in [0.1, 0.15) is 50.1 Å². The molecule has 8 heteroatoms. The molecule has 1 aliphatic heterocycles. The van der Waals surface area contributed by atoms with E-state index in [-0.39, 0.29) is 30.0 Å². The molecule has 4 heterocycles. The summed E-state index contributed by atoms with van der Waals surface area (Å²) in [7, 11) is 0. The van der Waals surface area contributed by atoms with Crippen LogP contribution >= 0.6 is 11.3 Å². The van der Waals surface area contributed by atoms with Gasteiger partial charge in [0.2, 0.25) is 5.91 Å². The first-order valence-corrected chi connectivity index (χ1v) is 9.61. The van der Waals surface area contributed by atoms with Crippen LogP contribution in [0.2, 0.25) is 0 Å². The number of rotatable bonds is 4. The smallest absolute Gasteiger partial charge is 0.271 e. The van der Waals surface area contributed by atoms with Gasteiger partial charge in [0.1, 0.15) is 22.7 Å². The van der Waals surface area contributed by atoms with Crippen molar-refractivity contribution in [1.29, 1.82) is 0 Å². The Bertz CT molecular complexity index is 1000. The van der Waals surface area contributed by atoms with Crippen molar-refractivity contribution in [2.75, 3.05) is 6.54 Å². The molecule has 4 rings (SSSR count). The third-order valence-corrected chi connectivity index (χ3v) is 5.66. The van der Waals surface area contributed by atoms with E-state index in [0.717, 1.165) is 24.3 Å². The van der Waals surface area contributed by atoms with Crippen molar-refractivity contribution < 1.29 is 9.32 Å². The van der Waals surface area contributed by atoms with Crippen LogP contribution in [0.3, 0.4) is 0 Å². The van der Waals surface area contributed by atoms with Gasteiger partial charge in [0.15, 0.2) is 0 Å². The molecule has 1 saturated heterocycles. The van der Waals surface area contributed by atoms with Gasteiger partial charge in [-0.1, -0.05) is 19.0 Å². The fourth-order valence-electron chi connectivity index (χ4n) is 3.33. The fraction of sp³-hybridized carbons (Fsp3) is 0.444. The lowest BCUT2D eigenvalue weighted by molar-refractivity contribution is -0.132. The van der Waals surface area contributed by atoms with Gasteiger partial charge >= 0.3 is 0 Å². The molecule has 0 aliphatic carbocycles. The van der Waals surface area contributed by atoms with E-state index in [9.17, 15) is 9.59 Å². The van der Waals surface area contributed by atoms with Crippen LogP contribution in [0, 0.1) is 0 Å². The Morgan fingerprint density at radius 3 is 3.08 bits per heavy atom. The molecule has 0 radical (unpaired) electrons. The third-order valence-electron chi connectivity index (χ3n) is 4.77. The van der Waals surface area contributed by atoms with Gasteiger partial charge in [0, 0.05) is 18.5 Å². The lowest BCUT2D eigenvalue weighted by Crippen LogP contribution is -2.36. The number of carbonyl (C=O) groups is 1. The van der Waals surface area contributed by atoms with Gasteiger partial charge in [-0.05, 0) is 24.3 Å². The van der Waals surface area contributed by atoms with Gasteiger partial charge in [-0.2, -0.15) is 0 Å². The highest BCUT2D eigenvalue weighted by atomic mass is 32.1. The van der Waals surface area contributed by atoms with E-state index in [4.69, 9.17) is 4.52 Å². The summed E-state index contributed by atoms with van der Waals surface area (Å²) in [5, 5.41) is 5.99. The van der Waals surface area contributed by atoms with Gasteiger partial charge in [-0.15, -0.1) is 11.3 Å². The predicted molar refractivity (Wildman–Crippen MR) is 98.2 cm³/mol. The molecule has 0 aromatic carbocycles. The van der Waals surface area contributed by atoms with Crippen molar-refractivity contribution in [2.45, 2.75) is 45.2 Å². The maximum absolute atomic E-state index is 12.8. The monoisotopic (exact) mass is 372 g/mol. The van der Waals surface area contributed by atoms with Gasteiger partial charge in [-0.3, -0.25) is 14.2 Å². The molecule has 0 saturated carbocycles.